The molecule has 0 amide bonds. The Morgan fingerprint density at radius 2 is 0.685 bits per heavy atom. The number of rotatable bonds is 13. The summed E-state index contributed by atoms with van der Waals surface area (Å²) in [4.78, 5) is 0. The molecule has 0 spiro atoms. The van der Waals surface area contributed by atoms with Crippen molar-refractivity contribution in [3.05, 3.63) is 0 Å². The van der Waals surface area contributed by atoms with E-state index in [2.05, 4.69) is 102 Å². The van der Waals surface area contributed by atoms with Crippen molar-refractivity contribution < 1.29 is 0 Å². The summed E-state index contributed by atoms with van der Waals surface area (Å²) in [5.74, 6) is 21.8. The third-order valence-corrected chi connectivity index (χ3v) is 39.4. The Kier molecular flexibility index (Phi) is 17.4. The van der Waals surface area contributed by atoms with E-state index in [0.29, 0.717) is 10.8 Å². The van der Waals surface area contributed by atoms with E-state index in [-0.39, 0.29) is 0 Å². The third-order valence-electron chi connectivity index (χ3n) is 28.7. The summed E-state index contributed by atoms with van der Waals surface area (Å²) in [5.41, 5.74) is 5.42. The molecule has 420 valence electrons. The van der Waals surface area contributed by atoms with Gasteiger partial charge in [0.05, 0.1) is 16.1 Å². The predicted octanol–water partition coefficient (Wildman–Crippen LogP) is 22.5. The molecule has 20 unspecified atom stereocenters. The number of fused-ring (bicyclic) bond motifs is 4. The molecule has 10 aliphatic rings. The van der Waals surface area contributed by atoms with Crippen LogP contribution in [0.3, 0.4) is 0 Å². The molecule has 2 heteroatoms. The second-order valence-electron chi connectivity index (χ2n) is 35.0. The average molecular weight is 1040 g/mol. The fourth-order valence-corrected chi connectivity index (χ4v) is 39.6. The zero-order chi connectivity index (χ0) is 51.9. The van der Waals surface area contributed by atoms with E-state index in [9.17, 15) is 0 Å². The van der Waals surface area contributed by atoms with Crippen LogP contribution in [0, 0.1) is 135 Å². The van der Waals surface area contributed by atoms with E-state index in [1.807, 2.05) is 0 Å². The highest BCUT2D eigenvalue weighted by molar-refractivity contribution is 6.81. The molecule has 20 atom stereocenters. The van der Waals surface area contributed by atoms with Crippen LogP contribution in [-0.4, -0.2) is 16.1 Å². The summed E-state index contributed by atoms with van der Waals surface area (Å²) in [5, 5.41) is 0. The van der Waals surface area contributed by atoms with Crippen molar-refractivity contribution >= 4 is 16.1 Å². The van der Waals surface area contributed by atoms with Crippen LogP contribution in [-0.2, 0) is 0 Å². The van der Waals surface area contributed by atoms with Crippen molar-refractivity contribution in [2.45, 2.75) is 311 Å². The monoisotopic (exact) mass is 1040 g/mol. The van der Waals surface area contributed by atoms with Crippen LogP contribution in [0.15, 0.2) is 0 Å². The van der Waals surface area contributed by atoms with Crippen molar-refractivity contribution in [3.63, 3.8) is 0 Å². The topological polar surface area (TPSA) is 0 Å². The highest BCUT2D eigenvalue weighted by Crippen LogP contribution is 2.70. The van der Waals surface area contributed by atoms with Gasteiger partial charge in [-0.05, 0) is 247 Å². The van der Waals surface area contributed by atoms with Crippen LogP contribution in [0.2, 0.25) is 48.4 Å². The SMILES string of the molecule is CC(C)C1CC2C(CCCCCC3CCCC4C3CC(C)C4[Si](C)(C)C3C(C)CC4C(C5CCC(C(C)(C)C)CC5)CCCC43)CCCC2C1[Si](C)(C)C1C(C)CC2C(C3CCC(C(C)(C)C)CC3)CCCC21. The Morgan fingerprint density at radius 1 is 0.356 bits per heavy atom. The Hall–Kier alpha value is 0.434. The minimum Gasteiger partial charge on any atom is -0.0689 e. The summed E-state index contributed by atoms with van der Waals surface area (Å²) in [6.45, 7) is 41.0. The molecule has 0 aromatic carbocycles. The molecule has 0 bridgehead atoms. The first kappa shape index (κ1) is 56.7. The van der Waals surface area contributed by atoms with Gasteiger partial charge in [0.15, 0.2) is 0 Å². The minimum absolute atomic E-state index is 0.506. The molecule has 10 saturated carbocycles. The number of unbranched alkanes of at least 4 members (excludes halogenated alkanes) is 2. The molecule has 0 radical (unpaired) electrons. The van der Waals surface area contributed by atoms with Crippen LogP contribution in [0.5, 0.6) is 0 Å². The smallest absolute Gasteiger partial charge is 0.0547 e. The van der Waals surface area contributed by atoms with Crippen molar-refractivity contribution in [3.8, 4) is 0 Å². The Balaban J connectivity index is 0.728. The van der Waals surface area contributed by atoms with Gasteiger partial charge in [0.25, 0.3) is 0 Å². The molecule has 0 saturated heterocycles. The van der Waals surface area contributed by atoms with Gasteiger partial charge < -0.3 is 0 Å². The van der Waals surface area contributed by atoms with Gasteiger partial charge >= 0.3 is 0 Å². The van der Waals surface area contributed by atoms with Gasteiger partial charge in [-0.3, -0.25) is 0 Å². The summed E-state index contributed by atoms with van der Waals surface area (Å²) < 4.78 is 0. The van der Waals surface area contributed by atoms with Gasteiger partial charge in [-0.15, -0.1) is 0 Å². The van der Waals surface area contributed by atoms with Gasteiger partial charge in [-0.1, -0.05) is 199 Å². The molecule has 10 rings (SSSR count). The molecule has 0 heterocycles. The van der Waals surface area contributed by atoms with Crippen molar-refractivity contribution in [2.24, 2.45) is 135 Å². The molecule has 0 nitrogen and oxygen atoms in total. The van der Waals surface area contributed by atoms with Crippen LogP contribution in [0.4, 0.5) is 0 Å². The Labute approximate surface area is 459 Å². The maximum Gasteiger partial charge on any atom is 0.0547 e. The second-order valence-corrected chi connectivity index (χ2v) is 45.0. The van der Waals surface area contributed by atoms with Crippen molar-refractivity contribution in [1.82, 2.24) is 0 Å². The van der Waals surface area contributed by atoms with Gasteiger partial charge in [0.2, 0.25) is 0 Å². The summed E-state index contributed by atoms with van der Waals surface area (Å²) in [7, 11) is -2.98. The van der Waals surface area contributed by atoms with E-state index >= 15 is 0 Å². The number of hydrogen-bond donors (Lipinski definition) is 0. The average Bonchev–Trinajstić information content (AvgIpc) is 4.10. The fourth-order valence-electron chi connectivity index (χ4n) is 26.2. The lowest BCUT2D eigenvalue weighted by Gasteiger charge is -2.50. The standard InChI is InChI=1S/C71H128Si2/c1-45(2)61-44-63-50(26-20-30-58(63)69(61)73(14,15)68-48(5)43-65-56(28-22-32-60(65)68)52-35-39-54(40-36-52)71(9,10)11)24-18-16-17-23-49-25-19-29-57-62(49)41-46(3)66(57)72(12,13)67-47(4)42-64-55(27-21-31-59(64)67)51-33-37-53(38-34-51)70(6,7)8/h45-69H,16-44H2,1-15H3. The normalized spacial score (nSPS) is 47.8. The first-order chi connectivity index (χ1) is 34.6. The van der Waals surface area contributed by atoms with Crippen LogP contribution in [0.1, 0.15) is 262 Å². The molecule has 10 fully saturated rings. The highest BCUT2D eigenvalue weighted by Gasteiger charge is 2.62. The molecule has 73 heavy (non-hydrogen) atoms. The molecule has 0 aromatic rings. The molecule has 0 aromatic heterocycles. The highest BCUT2D eigenvalue weighted by atomic mass is 28.3. The quantitative estimate of drug-likeness (QED) is 0.127. The maximum atomic E-state index is 3.03. The lowest BCUT2D eigenvalue weighted by molar-refractivity contribution is 0.0637. The molecular weight excluding hydrogens is 909 g/mol. The summed E-state index contributed by atoms with van der Waals surface area (Å²) in [6, 6.07) is 0. The first-order valence-corrected chi connectivity index (χ1v) is 40.9. The van der Waals surface area contributed by atoms with Gasteiger partial charge in [-0.2, -0.15) is 0 Å². The van der Waals surface area contributed by atoms with E-state index in [0.717, 1.165) is 146 Å². The van der Waals surface area contributed by atoms with E-state index in [1.165, 1.54) is 25.7 Å². The molecular formula is C71H128Si2. The molecule has 10 aliphatic carbocycles. The van der Waals surface area contributed by atoms with Gasteiger partial charge in [0.1, 0.15) is 0 Å². The molecule has 0 aliphatic heterocycles. The summed E-state index contributed by atoms with van der Waals surface area (Å²) in [6.07, 6.45) is 45.5. The van der Waals surface area contributed by atoms with Crippen molar-refractivity contribution in [1.29, 1.82) is 0 Å². The van der Waals surface area contributed by atoms with E-state index < -0.39 is 16.1 Å². The largest absolute Gasteiger partial charge is 0.0689 e. The van der Waals surface area contributed by atoms with Gasteiger partial charge in [-0.25, -0.2) is 0 Å². The zero-order valence-corrected chi connectivity index (χ0v) is 53.9. The minimum atomic E-state index is -1.52. The Bertz CT molecular complexity index is 1760. The third kappa shape index (κ3) is 11.0. The Morgan fingerprint density at radius 3 is 1.08 bits per heavy atom. The van der Waals surface area contributed by atoms with Crippen molar-refractivity contribution in [2.75, 3.05) is 0 Å². The maximum absolute atomic E-state index is 3.03. The fraction of sp³-hybridized carbons (Fsp3) is 1.00. The van der Waals surface area contributed by atoms with Crippen LogP contribution in [0.25, 0.3) is 0 Å². The van der Waals surface area contributed by atoms with Gasteiger partial charge in [0, 0.05) is 0 Å². The lowest BCUT2D eigenvalue weighted by Crippen LogP contribution is -2.48. The summed E-state index contributed by atoms with van der Waals surface area (Å²) >= 11 is 0. The second kappa shape index (κ2) is 22.4. The van der Waals surface area contributed by atoms with E-state index in [4.69, 9.17) is 0 Å². The van der Waals surface area contributed by atoms with Crippen LogP contribution < -0.4 is 0 Å². The number of hydrogen-bond acceptors (Lipinski definition) is 0. The van der Waals surface area contributed by atoms with Crippen LogP contribution >= 0.6 is 0 Å². The predicted molar refractivity (Wildman–Crippen MR) is 324 cm³/mol. The zero-order valence-electron chi connectivity index (χ0n) is 51.9. The lowest BCUT2D eigenvalue weighted by atomic mass is 9.61. The molecule has 0 N–H and O–H groups in total. The van der Waals surface area contributed by atoms with E-state index in [1.54, 1.807) is 161 Å². The first-order valence-electron chi connectivity index (χ1n) is 34.6.